The predicted molar refractivity (Wildman–Crippen MR) is 61.2 cm³/mol. The average molecular weight is 271 g/mol. The number of fused-ring (bicyclic) bond motifs is 1. The lowest BCUT2D eigenvalue weighted by molar-refractivity contribution is 0.419. The zero-order valence-corrected chi connectivity index (χ0v) is 9.78. The van der Waals surface area contributed by atoms with Crippen molar-refractivity contribution in [2.45, 2.75) is 0 Å². The molecule has 0 unspecified atom stereocenters. The summed E-state index contributed by atoms with van der Waals surface area (Å²) in [5.41, 5.74) is 0.863. The summed E-state index contributed by atoms with van der Waals surface area (Å²) in [6.45, 7) is 0. The van der Waals surface area contributed by atoms with Crippen molar-refractivity contribution in [2.24, 2.45) is 0 Å². The van der Waals surface area contributed by atoms with Gasteiger partial charge in [0.25, 0.3) is 0 Å². The molecule has 1 aromatic carbocycles. The molecule has 0 amide bonds. The van der Waals surface area contributed by atoms with Crippen LogP contribution in [0.15, 0.2) is 22.9 Å². The van der Waals surface area contributed by atoms with E-state index in [1.54, 1.807) is 13.4 Å². The third-order valence-electron chi connectivity index (χ3n) is 1.94. The lowest BCUT2D eigenvalue weighted by Gasteiger charge is -2.05. The normalized spacial score (nSPS) is 10.4. The molecule has 0 atom stereocenters. The van der Waals surface area contributed by atoms with Crippen molar-refractivity contribution < 1.29 is 4.74 Å². The number of nitrogens with zero attached hydrogens (tertiary/aromatic N) is 1. The first-order valence-corrected chi connectivity index (χ1v) is 5.14. The number of hydrogen-bond donors (Lipinski definition) is 1. The van der Waals surface area contributed by atoms with Crippen molar-refractivity contribution >= 4 is 39.1 Å². The molecule has 0 bridgehead atoms. The van der Waals surface area contributed by atoms with E-state index in [-0.39, 0.29) is 0 Å². The number of ether oxygens (including phenoxy) is 1. The van der Waals surface area contributed by atoms with Gasteiger partial charge in [-0.1, -0.05) is 12.2 Å². The second-order valence-electron chi connectivity index (χ2n) is 2.71. The number of halogens is 1. The van der Waals surface area contributed by atoms with Crippen LogP contribution in [0.25, 0.3) is 10.9 Å². The van der Waals surface area contributed by atoms with E-state index in [0.29, 0.717) is 4.64 Å². The van der Waals surface area contributed by atoms with E-state index in [1.807, 2.05) is 12.1 Å². The molecule has 1 heterocycles. The fourth-order valence-electron chi connectivity index (χ4n) is 1.30. The summed E-state index contributed by atoms with van der Waals surface area (Å²) in [6, 6.07) is 3.77. The van der Waals surface area contributed by atoms with Crippen LogP contribution in [0, 0.1) is 4.64 Å². The Hall–Kier alpha value is -0.940. The van der Waals surface area contributed by atoms with Crippen LogP contribution in [0.3, 0.4) is 0 Å². The van der Waals surface area contributed by atoms with E-state index in [9.17, 15) is 0 Å². The molecule has 0 radical (unpaired) electrons. The van der Waals surface area contributed by atoms with Crippen LogP contribution in [-0.2, 0) is 0 Å². The molecule has 0 spiro atoms. The average Bonchev–Trinajstić information content (AvgIpc) is 2.18. The Morgan fingerprint density at radius 2 is 2.29 bits per heavy atom. The smallest absolute Gasteiger partial charge is 0.143 e. The van der Waals surface area contributed by atoms with Crippen molar-refractivity contribution in [1.29, 1.82) is 0 Å². The van der Waals surface area contributed by atoms with E-state index in [4.69, 9.17) is 17.0 Å². The van der Waals surface area contributed by atoms with Gasteiger partial charge in [-0.15, -0.1) is 0 Å². The highest BCUT2D eigenvalue weighted by Gasteiger charge is 2.06. The van der Waals surface area contributed by atoms with Gasteiger partial charge in [0, 0.05) is 4.47 Å². The summed E-state index contributed by atoms with van der Waals surface area (Å²) in [5.74, 6) is 0.761. The fourth-order valence-corrected chi connectivity index (χ4v) is 2.21. The number of benzene rings is 1. The Morgan fingerprint density at radius 1 is 1.50 bits per heavy atom. The standard InChI is InChI=1S/C9H7BrN2OS/c1-13-6-3-2-5(10)7-8(6)11-4-12-9(7)14/h2-4H,1H3,(H,11,12,14). The molecule has 1 aromatic heterocycles. The number of nitrogens with one attached hydrogen (secondary N) is 1. The second-order valence-corrected chi connectivity index (χ2v) is 3.95. The molecule has 0 aliphatic rings. The van der Waals surface area contributed by atoms with Gasteiger partial charge in [-0.05, 0) is 28.1 Å². The van der Waals surface area contributed by atoms with Crippen molar-refractivity contribution in [3.63, 3.8) is 0 Å². The lowest BCUT2D eigenvalue weighted by Crippen LogP contribution is -1.90. The summed E-state index contributed by atoms with van der Waals surface area (Å²) in [4.78, 5) is 7.04. The number of hydrogen-bond acceptors (Lipinski definition) is 3. The van der Waals surface area contributed by atoms with Gasteiger partial charge in [-0.25, -0.2) is 4.98 Å². The van der Waals surface area contributed by atoms with Crippen LogP contribution in [0.2, 0.25) is 0 Å². The lowest BCUT2D eigenvalue weighted by atomic mass is 10.2. The molecule has 2 aromatic rings. The summed E-state index contributed by atoms with van der Waals surface area (Å²) in [6.07, 6.45) is 1.57. The molecule has 2 rings (SSSR count). The van der Waals surface area contributed by atoms with Crippen LogP contribution in [0.5, 0.6) is 5.75 Å². The molecule has 0 saturated carbocycles. The minimum atomic E-state index is 0.560. The first-order chi connectivity index (χ1) is 6.74. The van der Waals surface area contributed by atoms with E-state index in [0.717, 1.165) is 21.1 Å². The van der Waals surface area contributed by atoms with Gasteiger partial charge in [-0.2, -0.15) is 0 Å². The Bertz CT molecular complexity index is 538. The zero-order chi connectivity index (χ0) is 10.1. The number of H-pyrrole nitrogens is 1. The molecule has 0 saturated heterocycles. The number of aromatic nitrogens is 2. The molecule has 72 valence electrons. The quantitative estimate of drug-likeness (QED) is 0.810. The maximum atomic E-state index is 5.21. The molecular weight excluding hydrogens is 264 g/mol. The van der Waals surface area contributed by atoms with Crippen LogP contribution < -0.4 is 4.74 Å². The zero-order valence-electron chi connectivity index (χ0n) is 7.37. The molecule has 0 aliphatic carbocycles. The highest BCUT2D eigenvalue weighted by atomic mass is 79.9. The number of methoxy groups -OCH3 is 1. The van der Waals surface area contributed by atoms with Crippen molar-refractivity contribution in [3.05, 3.63) is 27.6 Å². The van der Waals surface area contributed by atoms with Gasteiger partial charge in [0.15, 0.2) is 0 Å². The molecule has 0 aliphatic heterocycles. The molecule has 0 fully saturated rings. The minimum Gasteiger partial charge on any atom is -0.495 e. The number of rotatable bonds is 1. The summed E-state index contributed by atoms with van der Waals surface area (Å²) >= 11 is 8.56. The Labute approximate surface area is 94.3 Å². The van der Waals surface area contributed by atoms with Gasteiger partial charge in [-0.3, -0.25) is 0 Å². The van der Waals surface area contributed by atoms with E-state index < -0.39 is 0 Å². The van der Waals surface area contributed by atoms with Gasteiger partial charge >= 0.3 is 0 Å². The first kappa shape index (κ1) is 9.61. The maximum Gasteiger partial charge on any atom is 0.143 e. The first-order valence-electron chi connectivity index (χ1n) is 3.94. The highest BCUT2D eigenvalue weighted by Crippen LogP contribution is 2.29. The van der Waals surface area contributed by atoms with Gasteiger partial charge in [0.05, 0.1) is 24.3 Å². The molecule has 5 heteroatoms. The Balaban J connectivity index is 2.99. The summed E-state index contributed by atoms with van der Waals surface area (Å²) in [7, 11) is 1.62. The van der Waals surface area contributed by atoms with Crippen molar-refractivity contribution in [3.8, 4) is 5.75 Å². The van der Waals surface area contributed by atoms with Crippen LogP contribution in [0.1, 0.15) is 0 Å². The molecule has 14 heavy (non-hydrogen) atoms. The third kappa shape index (κ3) is 1.42. The SMILES string of the molecule is COc1ccc(Br)c2c(=S)nc[nH]c12. The third-order valence-corrected chi connectivity index (χ3v) is 2.91. The summed E-state index contributed by atoms with van der Waals surface area (Å²) in [5, 5.41) is 0.877. The Morgan fingerprint density at radius 3 is 3.00 bits per heavy atom. The van der Waals surface area contributed by atoms with Crippen molar-refractivity contribution in [1.82, 2.24) is 9.97 Å². The topological polar surface area (TPSA) is 37.9 Å². The highest BCUT2D eigenvalue weighted by molar-refractivity contribution is 9.10. The van der Waals surface area contributed by atoms with E-state index >= 15 is 0 Å². The van der Waals surface area contributed by atoms with E-state index in [1.165, 1.54) is 0 Å². The maximum absolute atomic E-state index is 5.21. The van der Waals surface area contributed by atoms with Crippen LogP contribution in [-0.4, -0.2) is 17.1 Å². The van der Waals surface area contributed by atoms with Gasteiger partial charge < -0.3 is 9.72 Å². The monoisotopic (exact) mass is 270 g/mol. The summed E-state index contributed by atoms with van der Waals surface area (Å²) < 4.78 is 6.69. The fraction of sp³-hybridized carbons (Fsp3) is 0.111. The second kappa shape index (κ2) is 3.67. The molecule has 1 N–H and O–H groups in total. The minimum absolute atomic E-state index is 0.560. The van der Waals surface area contributed by atoms with Gasteiger partial charge in [0.2, 0.25) is 0 Å². The largest absolute Gasteiger partial charge is 0.495 e. The number of aromatic amines is 1. The Kier molecular flexibility index (Phi) is 2.52. The molecule has 3 nitrogen and oxygen atoms in total. The van der Waals surface area contributed by atoms with Crippen LogP contribution in [0.4, 0.5) is 0 Å². The van der Waals surface area contributed by atoms with E-state index in [2.05, 4.69) is 25.9 Å². The van der Waals surface area contributed by atoms with Gasteiger partial charge in [0.1, 0.15) is 10.4 Å². The molecular formula is C9H7BrN2OS. The van der Waals surface area contributed by atoms with Crippen molar-refractivity contribution in [2.75, 3.05) is 7.11 Å². The predicted octanol–water partition coefficient (Wildman–Crippen LogP) is 3.06. The van der Waals surface area contributed by atoms with Crippen LogP contribution >= 0.6 is 28.1 Å².